The number of aryl methyl sites for hydroxylation is 1. The maximum absolute atomic E-state index is 13.8. The highest BCUT2D eigenvalue weighted by molar-refractivity contribution is 9.11. The van der Waals surface area contributed by atoms with Crippen LogP contribution in [-0.2, 0) is 16.8 Å². The zero-order valence-electron chi connectivity index (χ0n) is 15.4. The molecule has 0 saturated heterocycles. The van der Waals surface area contributed by atoms with Gasteiger partial charge >= 0.3 is 6.18 Å². The maximum atomic E-state index is 13.8. The minimum absolute atomic E-state index is 0.0809. The van der Waals surface area contributed by atoms with Crippen LogP contribution >= 0.6 is 31.9 Å². The van der Waals surface area contributed by atoms with Gasteiger partial charge in [0, 0.05) is 21.6 Å². The number of rotatable bonds is 5. The van der Waals surface area contributed by atoms with Crippen LogP contribution in [0.3, 0.4) is 0 Å². The number of hydrogen-bond acceptors (Lipinski definition) is 3. The van der Waals surface area contributed by atoms with Gasteiger partial charge in [-0.2, -0.15) is 13.2 Å². The van der Waals surface area contributed by atoms with Gasteiger partial charge in [0.1, 0.15) is 0 Å². The lowest BCUT2D eigenvalue weighted by Crippen LogP contribution is -2.47. The van der Waals surface area contributed by atoms with Gasteiger partial charge in [0.15, 0.2) is 0 Å². The second kappa shape index (κ2) is 8.28. The van der Waals surface area contributed by atoms with Crippen molar-refractivity contribution in [3.8, 4) is 0 Å². The zero-order valence-corrected chi connectivity index (χ0v) is 18.6. The molecule has 3 rings (SSSR count). The van der Waals surface area contributed by atoms with Gasteiger partial charge in [-0.3, -0.25) is 4.79 Å². The van der Waals surface area contributed by atoms with E-state index < -0.39 is 18.3 Å². The molecule has 2 atom stereocenters. The van der Waals surface area contributed by atoms with Crippen molar-refractivity contribution in [2.45, 2.75) is 37.6 Å². The van der Waals surface area contributed by atoms with Crippen molar-refractivity contribution < 1.29 is 23.1 Å². The summed E-state index contributed by atoms with van der Waals surface area (Å²) in [6.45, 7) is 0.708. The first-order valence-corrected chi connectivity index (χ1v) is 10.5. The molecule has 1 amide bonds. The molecule has 2 aromatic rings. The van der Waals surface area contributed by atoms with E-state index in [0.29, 0.717) is 14.6 Å². The number of halogens is 5. The molecule has 0 radical (unpaired) electrons. The second-order valence-electron chi connectivity index (χ2n) is 7.08. The third kappa shape index (κ3) is 4.78. The number of anilines is 1. The predicted octanol–water partition coefficient (Wildman–Crippen LogP) is 5.20. The number of benzene rings is 2. The van der Waals surface area contributed by atoms with Crippen LogP contribution in [0.5, 0.6) is 0 Å². The summed E-state index contributed by atoms with van der Waals surface area (Å²) >= 11 is 6.33. The summed E-state index contributed by atoms with van der Waals surface area (Å²) in [5.41, 5.74) is -0.936. The third-order valence-electron chi connectivity index (χ3n) is 4.96. The van der Waals surface area contributed by atoms with Gasteiger partial charge in [0.05, 0.1) is 12.6 Å². The second-order valence-corrected chi connectivity index (χ2v) is 8.91. The fourth-order valence-electron chi connectivity index (χ4n) is 3.51. The van der Waals surface area contributed by atoms with E-state index in [1.54, 1.807) is 24.3 Å². The third-order valence-corrected chi connectivity index (χ3v) is 5.87. The summed E-state index contributed by atoms with van der Waals surface area (Å²) in [5.74, 6) is -0.125. The normalized spacial score (nSPS) is 18.1. The highest BCUT2D eigenvalue weighted by atomic mass is 79.9. The summed E-state index contributed by atoms with van der Waals surface area (Å²) in [5, 5.41) is 16.2. The quantitative estimate of drug-likeness (QED) is 0.493. The molecule has 0 unspecified atom stereocenters. The number of hydrogen-bond donors (Lipinski definition) is 3. The molecule has 9 heteroatoms. The Morgan fingerprint density at radius 1 is 1.17 bits per heavy atom. The SMILES string of the molecule is CC(=O)N[C@H]1CCc2cc(NC[C@](O)(c3cc(Br)cc(Br)c3)C(F)(F)F)ccc21. The molecule has 0 fully saturated rings. The molecule has 1 aliphatic rings. The molecule has 2 aromatic carbocycles. The molecular weight excluding hydrogens is 517 g/mol. The van der Waals surface area contributed by atoms with Crippen LogP contribution in [0, 0.1) is 0 Å². The van der Waals surface area contributed by atoms with Crippen molar-refractivity contribution in [3.63, 3.8) is 0 Å². The number of nitrogens with one attached hydrogen (secondary N) is 2. The molecule has 0 aliphatic heterocycles. The Kier molecular flexibility index (Phi) is 6.31. The average Bonchev–Trinajstić information content (AvgIpc) is 2.99. The Morgan fingerprint density at radius 3 is 2.41 bits per heavy atom. The highest BCUT2D eigenvalue weighted by Gasteiger charge is 2.55. The van der Waals surface area contributed by atoms with E-state index in [4.69, 9.17) is 0 Å². The van der Waals surface area contributed by atoms with Gasteiger partial charge in [0.2, 0.25) is 11.5 Å². The largest absolute Gasteiger partial charge is 0.423 e. The van der Waals surface area contributed by atoms with Crippen LogP contribution in [0.2, 0.25) is 0 Å². The van der Waals surface area contributed by atoms with Crippen molar-refractivity contribution in [1.29, 1.82) is 0 Å². The predicted molar refractivity (Wildman–Crippen MR) is 112 cm³/mol. The molecule has 0 aromatic heterocycles. The summed E-state index contributed by atoms with van der Waals surface area (Å²) in [6.07, 6.45) is -3.41. The molecule has 4 nitrogen and oxygen atoms in total. The molecule has 29 heavy (non-hydrogen) atoms. The summed E-state index contributed by atoms with van der Waals surface area (Å²) in [6, 6.07) is 9.24. The van der Waals surface area contributed by atoms with Crippen LogP contribution in [0.4, 0.5) is 18.9 Å². The number of alkyl halides is 3. The van der Waals surface area contributed by atoms with Crippen LogP contribution < -0.4 is 10.6 Å². The van der Waals surface area contributed by atoms with E-state index in [1.807, 2.05) is 0 Å². The van der Waals surface area contributed by atoms with Gasteiger partial charge in [-0.05, 0) is 59.9 Å². The molecule has 3 N–H and O–H groups in total. The van der Waals surface area contributed by atoms with E-state index in [9.17, 15) is 23.1 Å². The Balaban J connectivity index is 1.83. The molecule has 156 valence electrons. The Labute approximate surface area is 183 Å². The average molecular weight is 536 g/mol. The van der Waals surface area contributed by atoms with Gasteiger partial charge in [-0.15, -0.1) is 0 Å². The van der Waals surface area contributed by atoms with Gasteiger partial charge in [0.25, 0.3) is 0 Å². The number of carbonyl (C=O) groups excluding carboxylic acids is 1. The van der Waals surface area contributed by atoms with E-state index in [0.717, 1.165) is 24.0 Å². The summed E-state index contributed by atoms with van der Waals surface area (Å²) in [7, 11) is 0. The van der Waals surface area contributed by atoms with Crippen LogP contribution in [-0.4, -0.2) is 23.7 Å². The van der Waals surface area contributed by atoms with E-state index in [2.05, 4.69) is 42.5 Å². The topological polar surface area (TPSA) is 61.4 Å². The lowest BCUT2D eigenvalue weighted by Gasteiger charge is -2.32. The smallest absolute Gasteiger partial charge is 0.381 e. The first kappa shape index (κ1) is 22.1. The van der Waals surface area contributed by atoms with E-state index >= 15 is 0 Å². The molecular formula is C20H19Br2F3N2O2. The van der Waals surface area contributed by atoms with E-state index in [-0.39, 0.29) is 17.5 Å². The lowest BCUT2D eigenvalue weighted by atomic mass is 9.92. The van der Waals surface area contributed by atoms with Crippen LogP contribution in [0.25, 0.3) is 0 Å². The standard InChI is InChI=1S/C20H19Br2F3N2O2/c1-11(28)27-18-5-2-12-6-16(3-4-17(12)18)26-10-19(29,20(23,24)25)13-7-14(21)9-15(22)8-13/h3-4,6-9,18,26,29H,2,5,10H2,1H3,(H,27,28)/t18-,19-/m0/s1. The monoisotopic (exact) mass is 534 g/mol. The first-order chi connectivity index (χ1) is 13.5. The van der Waals surface area contributed by atoms with Crippen molar-refractivity contribution in [2.75, 3.05) is 11.9 Å². The fourth-order valence-corrected chi connectivity index (χ4v) is 4.81. The number of amides is 1. The molecule has 0 heterocycles. The van der Waals surface area contributed by atoms with Gasteiger partial charge in [-0.1, -0.05) is 37.9 Å². The van der Waals surface area contributed by atoms with E-state index in [1.165, 1.54) is 19.1 Å². The minimum atomic E-state index is -4.88. The van der Waals surface area contributed by atoms with Crippen molar-refractivity contribution in [3.05, 3.63) is 62.0 Å². The number of fused-ring (bicyclic) bond motifs is 1. The first-order valence-electron chi connectivity index (χ1n) is 8.89. The molecule has 0 saturated carbocycles. The maximum Gasteiger partial charge on any atom is 0.423 e. The van der Waals surface area contributed by atoms with Crippen LogP contribution in [0.1, 0.15) is 36.1 Å². The highest BCUT2D eigenvalue weighted by Crippen LogP contribution is 2.41. The summed E-state index contributed by atoms with van der Waals surface area (Å²) in [4.78, 5) is 11.3. The van der Waals surface area contributed by atoms with Crippen molar-refractivity contribution in [2.24, 2.45) is 0 Å². The molecule has 0 spiro atoms. The minimum Gasteiger partial charge on any atom is -0.381 e. The Morgan fingerprint density at radius 2 is 1.83 bits per heavy atom. The Bertz CT molecular complexity index is 916. The fraction of sp³-hybridized carbons (Fsp3) is 0.350. The lowest BCUT2D eigenvalue weighted by molar-refractivity contribution is -0.260. The molecule has 1 aliphatic carbocycles. The van der Waals surface area contributed by atoms with Crippen LogP contribution in [0.15, 0.2) is 45.3 Å². The van der Waals surface area contributed by atoms with Crippen molar-refractivity contribution in [1.82, 2.24) is 5.32 Å². The van der Waals surface area contributed by atoms with Crippen molar-refractivity contribution >= 4 is 43.5 Å². The number of aliphatic hydroxyl groups is 1. The summed E-state index contributed by atoms with van der Waals surface area (Å²) < 4.78 is 42.2. The Hall–Kier alpha value is -1.58. The molecule has 0 bridgehead atoms. The zero-order chi connectivity index (χ0) is 21.4. The van der Waals surface area contributed by atoms with Gasteiger partial charge < -0.3 is 15.7 Å². The van der Waals surface area contributed by atoms with Gasteiger partial charge in [-0.25, -0.2) is 0 Å². The number of carbonyl (C=O) groups is 1.